The van der Waals surface area contributed by atoms with E-state index < -0.39 is 23.1 Å². The summed E-state index contributed by atoms with van der Waals surface area (Å²) in [5, 5.41) is 8.85. The first-order chi connectivity index (χ1) is 14.2. The maximum absolute atomic E-state index is 13.2. The summed E-state index contributed by atoms with van der Waals surface area (Å²) in [6, 6.07) is 10.1. The van der Waals surface area contributed by atoms with Gasteiger partial charge in [-0.3, -0.25) is 14.8 Å². The van der Waals surface area contributed by atoms with Crippen LogP contribution in [0.25, 0.3) is 0 Å². The fourth-order valence-electron chi connectivity index (χ4n) is 4.53. The smallest absolute Gasteiger partial charge is 0.338 e. The summed E-state index contributed by atoms with van der Waals surface area (Å²) in [5.41, 5.74) is 3.37. The number of amides is 2. The zero-order chi connectivity index (χ0) is 21.5. The van der Waals surface area contributed by atoms with Gasteiger partial charge in [0.15, 0.2) is 0 Å². The molecule has 2 aromatic carbocycles. The van der Waals surface area contributed by atoms with E-state index in [-0.39, 0.29) is 12.5 Å². The Balaban J connectivity index is 1.50. The van der Waals surface area contributed by atoms with Gasteiger partial charge >= 0.3 is 6.18 Å². The molecule has 4 rings (SSSR count). The molecule has 0 aromatic heterocycles. The van der Waals surface area contributed by atoms with E-state index in [1.54, 1.807) is 22.5 Å². The minimum atomic E-state index is -4.38. The Kier molecular flexibility index (Phi) is 5.05. The largest absolute Gasteiger partial charge is 0.416 e. The van der Waals surface area contributed by atoms with Crippen LogP contribution < -0.4 is 5.48 Å². The molecular formula is C22H21F3N2O3. The molecule has 0 unspecified atom stereocenters. The lowest BCUT2D eigenvalue weighted by Crippen LogP contribution is -2.38. The van der Waals surface area contributed by atoms with Crippen LogP contribution in [0, 0.1) is 5.41 Å². The molecule has 0 radical (unpaired) electrons. The van der Waals surface area contributed by atoms with Crippen molar-refractivity contribution in [3.05, 3.63) is 70.3 Å². The van der Waals surface area contributed by atoms with Crippen molar-refractivity contribution in [2.24, 2.45) is 5.41 Å². The molecule has 1 fully saturated rings. The highest BCUT2D eigenvalue weighted by atomic mass is 19.4. The van der Waals surface area contributed by atoms with Crippen LogP contribution >= 0.6 is 0 Å². The SMILES string of the molecule is O=C(NO)c1ccc2c(c1)C[C@]1(CC2)CCN(Cc2ccc(C(F)(F)F)cc2)C1=O. The topological polar surface area (TPSA) is 69.6 Å². The Morgan fingerprint density at radius 1 is 1.10 bits per heavy atom. The molecule has 30 heavy (non-hydrogen) atoms. The number of alkyl halides is 3. The Morgan fingerprint density at radius 2 is 1.83 bits per heavy atom. The van der Waals surface area contributed by atoms with E-state index in [0.717, 1.165) is 29.7 Å². The fraction of sp³-hybridized carbons (Fsp3) is 0.364. The van der Waals surface area contributed by atoms with Gasteiger partial charge in [0.25, 0.3) is 5.91 Å². The van der Waals surface area contributed by atoms with E-state index in [2.05, 4.69) is 0 Å². The first-order valence-corrected chi connectivity index (χ1v) is 9.74. The van der Waals surface area contributed by atoms with Crippen molar-refractivity contribution < 1.29 is 28.0 Å². The number of nitrogens with one attached hydrogen (secondary N) is 1. The first-order valence-electron chi connectivity index (χ1n) is 9.74. The molecule has 8 heteroatoms. The minimum Gasteiger partial charge on any atom is -0.338 e. The third-order valence-corrected chi connectivity index (χ3v) is 6.23. The molecule has 1 atom stereocenters. The molecule has 0 bridgehead atoms. The van der Waals surface area contributed by atoms with E-state index >= 15 is 0 Å². The van der Waals surface area contributed by atoms with E-state index in [1.165, 1.54) is 12.1 Å². The lowest BCUT2D eigenvalue weighted by molar-refractivity contribution is -0.138. The maximum atomic E-state index is 13.2. The Labute approximate surface area is 171 Å². The first kappa shape index (κ1) is 20.4. The van der Waals surface area contributed by atoms with Crippen molar-refractivity contribution in [1.82, 2.24) is 10.4 Å². The highest BCUT2D eigenvalue weighted by molar-refractivity contribution is 5.93. The summed E-state index contributed by atoms with van der Waals surface area (Å²) in [5.74, 6) is -0.593. The molecule has 1 aliphatic carbocycles. The summed E-state index contributed by atoms with van der Waals surface area (Å²) in [4.78, 5) is 26.6. The number of aryl methyl sites for hydroxylation is 1. The number of hydrogen-bond acceptors (Lipinski definition) is 3. The van der Waals surface area contributed by atoms with Crippen molar-refractivity contribution >= 4 is 11.8 Å². The maximum Gasteiger partial charge on any atom is 0.416 e. The molecule has 1 saturated heterocycles. The van der Waals surface area contributed by atoms with Crippen molar-refractivity contribution in [2.75, 3.05) is 6.54 Å². The van der Waals surface area contributed by atoms with E-state index in [0.29, 0.717) is 36.9 Å². The van der Waals surface area contributed by atoms with Crippen LogP contribution in [-0.4, -0.2) is 28.5 Å². The molecule has 1 spiro atoms. The predicted octanol–water partition coefficient (Wildman–Crippen LogP) is 3.73. The van der Waals surface area contributed by atoms with Gasteiger partial charge in [0.05, 0.1) is 11.0 Å². The Bertz CT molecular complexity index is 988. The van der Waals surface area contributed by atoms with Gasteiger partial charge in [-0.2, -0.15) is 13.2 Å². The number of hydroxylamine groups is 1. The third-order valence-electron chi connectivity index (χ3n) is 6.23. The van der Waals surface area contributed by atoms with Gasteiger partial charge in [0, 0.05) is 18.7 Å². The highest BCUT2D eigenvalue weighted by Gasteiger charge is 2.48. The molecule has 2 amide bonds. The zero-order valence-electron chi connectivity index (χ0n) is 16.1. The van der Waals surface area contributed by atoms with Crippen LogP contribution in [0.5, 0.6) is 0 Å². The standard InChI is InChI=1S/C22H21F3N2O3/c23-22(24,25)18-5-1-14(2-6-18)13-27-10-9-21(20(27)29)8-7-15-3-4-16(19(28)26-30)11-17(15)12-21/h1-6,11,30H,7-10,12-13H2,(H,26,28)/t21-/m0/s1. The highest BCUT2D eigenvalue weighted by Crippen LogP contribution is 2.44. The molecule has 1 aliphatic heterocycles. The van der Waals surface area contributed by atoms with E-state index in [4.69, 9.17) is 5.21 Å². The number of likely N-dealkylation sites (tertiary alicyclic amines) is 1. The van der Waals surface area contributed by atoms with E-state index in [9.17, 15) is 22.8 Å². The molecule has 2 aliphatic rings. The predicted molar refractivity (Wildman–Crippen MR) is 102 cm³/mol. The molecular weight excluding hydrogens is 397 g/mol. The number of carbonyl (C=O) groups is 2. The second-order valence-corrected chi connectivity index (χ2v) is 8.05. The van der Waals surface area contributed by atoms with Crippen molar-refractivity contribution in [1.29, 1.82) is 0 Å². The van der Waals surface area contributed by atoms with Crippen LogP contribution in [0.2, 0.25) is 0 Å². The number of hydrogen-bond donors (Lipinski definition) is 2. The summed E-state index contributed by atoms with van der Waals surface area (Å²) in [7, 11) is 0. The number of halogens is 3. The number of carbonyl (C=O) groups excluding carboxylic acids is 2. The summed E-state index contributed by atoms with van der Waals surface area (Å²) < 4.78 is 38.2. The zero-order valence-corrected chi connectivity index (χ0v) is 16.1. The summed E-state index contributed by atoms with van der Waals surface area (Å²) >= 11 is 0. The minimum absolute atomic E-state index is 0.00469. The monoisotopic (exact) mass is 418 g/mol. The van der Waals surface area contributed by atoms with Crippen LogP contribution in [0.1, 0.15) is 45.5 Å². The number of fused-ring (bicyclic) bond motifs is 1. The summed E-state index contributed by atoms with van der Waals surface area (Å²) in [6.07, 6.45) is -1.78. The quantitative estimate of drug-likeness (QED) is 0.590. The van der Waals surface area contributed by atoms with Gasteiger partial charge in [-0.05, 0) is 66.6 Å². The van der Waals surface area contributed by atoms with Crippen molar-refractivity contribution in [2.45, 2.75) is 38.4 Å². The average molecular weight is 418 g/mol. The second-order valence-electron chi connectivity index (χ2n) is 8.05. The molecule has 2 aromatic rings. The fourth-order valence-corrected chi connectivity index (χ4v) is 4.53. The van der Waals surface area contributed by atoms with Crippen LogP contribution in [0.15, 0.2) is 42.5 Å². The van der Waals surface area contributed by atoms with Gasteiger partial charge in [-0.25, -0.2) is 5.48 Å². The lowest BCUT2D eigenvalue weighted by atomic mass is 9.70. The Morgan fingerprint density at radius 3 is 2.50 bits per heavy atom. The third kappa shape index (κ3) is 3.67. The number of benzene rings is 2. The summed E-state index contributed by atoms with van der Waals surface area (Å²) in [6.45, 7) is 0.824. The van der Waals surface area contributed by atoms with Crippen LogP contribution in [0.3, 0.4) is 0 Å². The van der Waals surface area contributed by atoms with E-state index in [1.807, 2.05) is 6.07 Å². The molecule has 5 nitrogen and oxygen atoms in total. The van der Waals surface area contributed by atoms with Crippen molar-refractivity contribution in [3.63, 3.8) is 0 Å². The molecule has 158 valence electrons. The van der Waals surface area contributed by atoms with Crippen LogP contribution in [-0.2, 0) is 30.4 Å². The normalized spacial score (nSPS) is 21.1. The lowest BCUT2D eigenvalue weighted by Gasteiger charge is -2.33. The van der Waals surface area contributed by atoms with Gasteiger partial charge in [-0.1, -0.05) is 18.2 Å². The number of rotatable bonds is 3. The molecule has 0 saturated carbocycles. The van der Waals surface area contributed by atoms with Crippen molar-refractivity contribution in [3.8, 4) is 0 Å². The van der Waals surface area contributed by atoms with Crippen LogP contribution in [0.4, 0.5) is 13.2 Å². The average Bonchev–Trinajstić information content (AvgIpc) is 3.02. The molecule has 1 heterocycles. The number of nitrogens with zero attached hydrogens (tertiary/aromatic N) is 1. The van der Waals surface area contributed by atoms with Gasteiger partial charge < -0.3 is 4.90 Å². The van der Waals surface area contributed by atoms with Gasteiger partial charge in [0.2, 0.25) is 5.91 Å². The Hall–Kier alpha value is -2.87. The van der Waals surface area contributed by atoms with Gasteiger partial charge in [0.1, 0.15) is 0 Å². The van der Waals surface area contributed by atoms with Gasteiger partial charge in [-0.15, -0.1) is 0 Å². The second kappa shape index (κ2) is 7.43. The molecule has 2 N–H and O–H groups in total.